The molecule has 0 saturated carbocycles. The summed E-state index contributed by atoms with van der Waals surface area (Å²) in [6, 6.07) is 8.72. The first kappa shape index (κ1) is 18.9. The average molecular weight is 416 g/mol. The molecule has 1 aliphatic heterocycles. The molecule has 1 saturated heterocycles. The van der Waals surface area contributed by atoms with Gasteiger partial charge in [-0.1, -0.05) is 17.8 Å². The molecule has 0 spiro atoms. The van der Waals surface area contributed by atoms with Gasteiger partial charge in [0.05, 0.1) is 29.5 Å². The fourth-order valence-corrected chi connectivity index (χ4v) is 4.87. The number of nitrogens with zero attached hydrogens (tertiary/aromatic N) is 6. The maximum absolute atomic E-state index is 9.56. The highest BCUT2D eigenvalue weighted by Crippen LogP contribution is 2.36. The van der Waals surface area contributed by atoms with E-state index in [-0.39, 0.29) is 0 Å². The Morgan fingerprint density at radius 3 is 2.97 bits per heavy atom. The molecule has 5 heterocycles. The third-order valence-electron chi connectivity index (χ3n) is 5.45. The van der Waals surface area contributed by atoms with Gasteiger partial charge in [-0.2, -0.15) is 15.5 Å². The van der Waals surface area contributed by atoms with Crippen molar-refractivity contribution in [2.45, 2.75) is 35.7 Å². The van der Waals surface area contributed by atoms with Crippen molar-refractivity contribution in [3.63, 3.8) is 0 Å². The van der Waals surface area contributed by atoms with E-state index in [0.29, 0.717) is 11.6 Å². The van der Waals surface area contributed by atoms with Gasteiger partial charge in [-0.15, -0.1) is 0 Å². The van der Waals surface area contributed by atoms with Crippen molar-refractivity contribution in [3.05, 3.63) is 60.3 Å². The number of nitrogens with one attached hydrogen (secondary N) is 1. The monoisotopic (exact) mass is 415 g/mol. The van der Waals surface area contributed by atoms with E-state index in [2.05, 4.69) is 43.5 Å². The number of fused-ring (bicyclic) bond motifs is 1. The minimum absolute atomic E-state index is 0.385. The van der Waals surface area contributed by atoms with Crippen LogP contribution in [0.25, 0.3) is 16.6 Å². The van der Waals surface area contributed by atoms with Crippen LogP contribution in [0.15, 0.2) is 59.1 Å². The summed E-state index contributed by atoms with van der Waals surface area (Å²) >= 11 is 1.56. The molecule has 30 heavy (non-hydrogen) atoms. The highest BCUT2D eigenvalue weighted by atomic mass is 32.2. The largest absolute Gasteiger partial charge is 0.315 e. The van der Waals surface area contributed by atoms with E-state index in [0.717, 1.165) is 51.6 Å². The maximum atomic E-state index is 9.56. The second-order valence-electron chi connectivity index (χ2n) is 7.49. The van der Waals surface area contributed by atoms with Gasteiger partial charge in [0.15, 0.2) is 0 Å². The van der Waals surface area contributed by atoms with E-state index >= 15 is 0 Å². The topological polar surface area (TPSA) is 83.8 Å². The summed E-state index contributed by atoms with van der Waals surface area (Å²) in [5.41, 5.74) is 4.51. The van der Waals surface area contributed by atoms with Gasteiger partial charge in [-0.3, -0.25) is 4.68 Å². The first-order valence-electron chi connectivity index (χ1n) is 9.99. The van der Waals surface area contributed by atoms with Crippen LogP contribution in [0, 0.1) is 18.3 Å². The van der Waals surface area contributed by atoms with Crippen LogP contribution in [0.1, 0.15) is 30.0 Å². The molecular formula is C22H21N7S. The Morgan fingerprint density at radius 2 is 2.17 bits per heavy atom. The van der Waals surface area contributed by atoms with E-state index in [9.17, 15) is 5.26 Å². The van der Waals surface area contributed by atoms with E-state index in [4.69, 9.17) is 0 Å². The highest BCUT2D eigenvalue weighted by molar-refractivity contribution is 7.99. The number of hydrogen-bond donors (Lipinski definition) is 1. The Morgan fingerprint density at radius 1 is 1.23 bits per heavy atom. The van der Waals surface area contributed by atoms with Gasteiger partial charge in [-0.05, 0) is 44.0 Å². The Balaban J connectivity index is 1.58. The van der Waals surface area contributed by atoms with Crippen LogP contribution in [0.2, 0.25) is 0 Å². The summed E-state index contributed by atoms with van der Waals surface area (Å²) in [5, 5.41) is 23.0. The molecule has 0 bridgehead atoms. The molecule has 1 unspecified atom stereocenters. The van der Waals surface area contributed by atoms with Crippen molar-refractivity contribution in [1.82, 2.24) is 29.7 Å². The Bertz CT molecular complexity index is 1240. The van der Waals surface area contributed by atoms with E-state index in [1.807, 2.05) is 31.5 Å². The lowest BCUT2D eigenvalue weighted by Gasteiger charge is -2.22. The zero-order valence-corrected chi connectivity index (χ0v) is 17.4. The summed E-state index contributed by atoms with van der Waals surface area (Å²) in [7, 11) is 0. The standard InChI is InChI=1S/C22H21N7S/c1-15-4-2-7-25-22(15)30-20-8-16(13-29-21(20)17(9-23)10-27-29)18-11-26-28(14-18)19-5-3-6-24-12-19/h2,4,7-8,10-11,13-14,19,24H,3,5-6,12H2,1H3. The van der Waals surface area contributed by atoms with Crippen LogP contribution in [0.5, 0.6) is 0 Å². The first-order chi connectivity index (χ1) is 14.7. The number of hydrogen-bond acceptors (Lipinski definition) is 6. The van der Waals surface area contributed by atoms with Crippen molar-refractivity contribution in [3.8, 4) is 17.2 Å². The SMILES string of the molecule is Cc1cccnc1Sc1cc(-c2cnn(C3CCCNC3)c2)cn2ncc(C#N)c12. The Hall–Kier alpha value is -3.15. The number of rotatable bonds is 4. The smallest absolute Gasteiger partial charge is 0.104 e. The van der Waals surface area contributed by atoms with Crippen molar-refractivity contribution < 1.29 is 0 Å². The van der Waals surface area contributed by atoms with Crippen molar-refractivity contribution in [2.75, 3.05) is 13.1 Å². The molecule has 1 N–H and O–H groups in total. The number of aryl methyl sites for hydroxylation is 1. The number of aromatic nitrogens is 5. The predicted octanol–water partition coefficient (Wildman–Crippen LogP) is 3.85. The van der Waals surface area contributed by atoms with Gasteiger partial charge in [0, 0.05) is 41.2 Å². The van der Waals surface area contributed by atoms with Crippen molar-refractivity contribution in [1.29, 1.82) is 5.26 Å². The molecule has 1 atom stereocenters. The second kappa shape index (κ2) is 7.94. The molecule has 8 heteroatoms. The maximum Gasteiger partial charge on any atom is 0.104 e. The van der Waals surface area contributed by atoms with Gasteiger partial charge >= 0.3 is 0 Å². The van der Waals surface area contributed by atoms with Crippen LogP contribution in [0.3, 0.4) is 0 Å². The van der Waals surface area contributed by atoms with E-state index in [1.165, 1.54) is 6.42 Å². The number of nitriles is 1. The number of pyridine rings is 2. The fraction of sp³-hybridized carbons (Fsp3) is 0.273. The van der Waals surface area contributed by atoms with Crippen LogP contribution in [0.4, 0.5) is 0 Å². The molecule has 1 aliphatic rings. The molecule has 0 aromatic carbocycles. The lowest BCUT2D eigenvalue weighted by molar-refractivity contribution is 0.347. The van der Waals surface area contributed by atoms with Gasteiger partial charge < -0.3 is 5.32 Å². The third kappa shape index (κ3) is 3.47. The number of piperidine rings is 1. The van der Waals surface area contributed by atoms with Crippen LogP contribution >= 0.6 is 11.8 Å². The van der Waals surface area contributed by atoms with Gasteiger partial charge in [-0.25, -0.2) is 9.50 Å². The summed E-state index contributed by atoms with van der Waals surface area (Å²) in [5.74, 6) is 0. The summed E-state index contributed by atoms with van der Waals surface area (Å²) in [4.78, 5) is 5.47. The molecule has 0 radical (unpaired) electrons. The molecule has 150 valence electrons. The van der Waals surface area contributed by atoms with Crippen molar-refractivity contribution in [2.24, 2.45) is 0 Å². The van der Waals surface area contributed by atoms with E-state index < -0.39 is 0 Å². The quantitative estimate of drug-likeness (QED) is 0.545. The molecule has 0 amide bonds. The third-order valence-corrected chi connectivity index (χ3v) is 6.60. The minimum atomic E-state index is 0.385. The lowest BCUT2D eigenvalue weighted by atomic mass is 10.1. The zero-order valence-electron chi connectivity index (χ0n) is 16.6. The summed E-state index contributed by atoms with van der Waals surface area (Å²) in [6.45, 7) is 4.07. The van der Waals surface area contributed by atoms with Gasteiger partial charge in [0.2, 0.25) is 0 Å². The Kier molecular flexibility index (Phi) is 4.99. The zero-order chi connectivity index (χ0) is 20.5. The van der Waals surface area contributed by atoms with Crippen LogP contribution in [-0.2, 0) is 0 Å². The normalized spacial score (nSPS) is 16.6. The minimum Gasteiger partial charge on any atom is -0.315 e. The summed E-state index contributed by atoms with van der Waals surface area (Å²) < 4.78 is 3.85. The molecule has 4 aromatic rings. The first-order valence-corrected chi connectivity index (χ1v) is 10.8. The highest BCUT2D eigenvalue weighted by Gasteiger charge is 2.18. The van der Waals surface area contributed by atoms with Gasteiger partial charge in [0.25, 0.3) is 0 Å². The molecule has 1 fully saturated rings. The second-order valence-corrected chi connectivity index (χ2v) is 8.52. The van der Waals surface area contributed by atoms with Gasteiger partial charge in [0.1, 0.15) is 11.1 Å². The van der Waals surface area contributed by atoms with E-state index in [1.54, 1.807) is 28.7 Å². The van der Waals surface area contributed by atoms with Crippen LogP contribution in [-0.4, -0.2) is 37.5 Å². The molecule has 5 rings (SSSR count). The lowest BCUT2D eigenvalue weighted by Crippen LogP contribution is -2.31. The molecular weight excluding hydrogens is 394 g/mol. The molecule has 7 nitrogen and oxygen atoms in total. The molecule has 0 aliphatic carbocycles. The fourth-order valence-electron chi connectivity index (χ4n) is 3.83. The van der Waals surface area contributed by atoms with Crippen molar-refractivity contribution >= 4 is 17.3 Å². The average Bonchev–Trinajstić information content (AvgIpc) is 3.43. The Labute approximate surface area is 178 Å². The molecule has 4 aromatic heterocycles. The van der Waals surface area contributed by atoms with Crippen LogP contribution < -0.4 is 5.32 Å². The predicted molar refractivity (Wildman–Crippen MR) is 115 cm³/mol. The summed E-state index contributed by atoms with van der Waals surface area (Å²) in [6.07, 6.45) is 11.7.